The summed E-state index contributed by atoms with van der Waals surface area (Å²) in [7, 11) is 0. The van der Waals surface area contributed by atoms with Gasteiger partial charge < -0.3 is 9.94 Å². The zero-order valence-corrected chi connectivity index (χ0v) is 9.58. The average molecular weight is 245 g/mol. The van der Waals surface area contributed by atoms with E-state index >= 15 is 0 Å². The predicted octanol–water partition coefficient (Wildman–Crippen LogP) is 3.21. The fourth-order valence-corrected chi connectivity index (χ4v) is 1.51. The average Bonchev–Trinajstić information content (AvgIpc) is 2.38. The van der Waals surface area contributed by atoms with Crippen molar-refractivity contribution < 1.29 is 14.3 Å². The van der Waals surface area contributed by atoms with Crippen molar-refractivity contribution in [1.29, 1.82) is 0 Å². The zero-order valence-electron chi connectivity index (χ0n) is 9.58. The van der Waals surface area contributed by atoms with Crippen molar-refractivity contribution in [3.05, 3.63) is 65.5 Å². The molecule has 18 heavy (non-hydrogen) atoms. The molecule has 92 valence electrons. The van der Waals surface area contributed by atoms with E-state index in [1.807, 2.05) is 0 Å². The van der Waals surface area contributed by atoms with Gasteiger partial charge in [-0.1, -0.05) is 17.3 Å². The zero-order chi connectivity index (χ0) is 12.8. The molecular formula is C14H12FNO2. The predicted molar refractivity (Wildman–Crippen MR) is 66.6 cm³/mol. The molecular weight excluding hydrogens is 233 g/mol. The van der Waals surface area contributed by atoms with Crippen LogP contribution in [-0.2, 0) is 6.61 Å². The van der Waals surface area contributed by atoms with Crippen LogP contribution in [0.4, 0.5) is 4.39 Å². The van der Waals surface area contributed by atoms with E-state index < -0.39 is 0 Å². The minimum Gasteiger partial charge on any atom is -0.489 e. The lowest BCUT2D eigenvalue weighted by Gasteiger charge is -2.06. The molecule has 0 aliphatic heterocycles. The smallest absolute Gasteiger partial charge is 0.123 e. The second kappa shape index (κ2) is 5.82. The first-order valence-corrected chi connectivity index (χ1v) is 5.42. The van der Waals surface area contributed by atoms with Crippen LogP contribution in [0.3, 0.4) is 0 Å². The summed E-state index contributed by atoms with van der Waals surface area (Å²) in [4.78, 5) is 0. The fraction of sp³-hybridized carbons (Fsp3) is 0.0714. The van der Waals surface area contributed by atoms with Crippen molar-refractivity contribution in [1.82, 2.24) is 0 Å². The highest BCUT2D eigenvalue weighted by Crippen LogP contribution is 2.14. The van der Waals surface area contributed by atoms with Gasteiger partial charge in [0.15, 0.2) is 0 Å². The Morgan fingerprint density at radius 2 is 1.94 bits per heavy atom. The first-order chi connectivity index (χ1) is 8.78. The lowest BCUT2D eigenvalue weighted by atomic mass is 10.2. The third kappa shape index (κ3) is 3.31. The maximum absolute atomic E-state index is 12.9. The third-order valence-electron chi connectivity index (χ3n) is 2.38. The lowest BCUT2D eigenvalue weighted by molar-refractivity contribution is 0.305. The van der Waals surface area contributed by atoms with E-state index in [1.54, 1.807) is 36.4 Å². The van der Waals surface area contributed by atoms with Crippen LogP contribution >= 0.6 is 0 Å². The molecule has 0 aliphatic rings. The summed E-state index contributed by atoms with van der Waals surface area (Å²) >= 11 is 0. The summed E-state index contributed by atoms with van der Waals surface area (Å²) in [6.45, 7) is 0.311. The molecule has 0 bridgehead atoms. The molecule has 2 rings (SSSR count). The van der Waals surface area contributed by atoms with Crippen LogP contribution in [-0.4, -0.2) is 11.4 Å². The summed E-state index contributed by atoms with van der Waals surface area (Å²) in [5.41, 5.74) is 1.55. The highest BCUT2D eigenvalue weighted by molar-refractivity contribution is 5.79. The fourth-order valence-electron chi connectivity index (χ4n) is 1.51. The Morgan fingerprint density at radius 1 is 1.17 bits per heavy atom. The molecule has 0 saturated carbocycles. The van der Waals surface area contributed by atoms with Crippen molar-refractivity contribution in [3.8, 4) is 5.75 Å². The summed E-state index contributed by atoms with van der Waals surface area (Å²) < 4.78 is 18.4. The second-order valence-corrected chi connectivity index (χ2v) is 3.73. The normalized spacial score (nSPS) is 10.7. The van der Waals surface area contributed by atoms with E-state index in [9.17, 15) is 4.39 Å². The molecule has 0 unspecified atom stereocenters. The van der Waals surface area contributed by atoms with Gasteiger partial charge in [0.25, 0.3) is 0 Å². The minimum atomic E-state index is -0.273. The van der Waals surface area contributed by atoms with Gasteiger partial charge in [0.05, 0.1) is 6.21 Å². The molecule has 2 aromatic rings. The van der Waals surface area contributed by atoms with Gasteiger partial charge in [-0.3, -0.25) is 0 Å². The van der Waals surface area contributed by atoms with Crippen molar-refractivity contribution in [2.75, 3.05) is 0 Å². The van der Waals surface area contributed by atoms with E-state index in [1.165, 1.54) is 18.3 Å². The molecule has 0 fully saturated rings. The maximum Gasteiger partial charge on any atom is 0.123 e. The Balaban J connectivity index is 1.98. The molecule has 2 aromatic carbocycles. The second-order valence-electron chi connectivity index (χ2n) is 3.73. The van der Waals surface area contributed by atoms with Gasteiger partial charge in [0.2, 0.25) is 0 Å². The number of oxime groups is 1. The van der Waals surface area contributed by atoms with E-state index in [4.69, 9.17) is 9.94 Å². The lowest BCUT2D eigenvalue weighted by Crippen LogP contribution is -1.96. The number of hydrogen-bond donors (Lipinski definition) is 1. The number of nitrogens with zero attached hydrogens (tertiary/aromatic N) is 1. The Morgan fingerprint density at radius 3 is 2.61 bits per heavy atom. The number of halogens is 1. The van der Waals surface area contributed by atoms with Crippen LogP contribution in [0.2, 0.25) is 0 Å². The Kier molecular flexibility index (Phi) is 3.91. The standard InChI is InChI=1S/C14H12FNO2/c15-13-3-1-2-12(8-13)10-18-14-6-4-11(5-7-14)9-16-17/h1-9,17H,10H2/b16-9-. The molecule has 0 aliphatic carbocycles. The van der Waals surface area contributed by atoms with Crippen LogP contribution in [0.15, 0.2) is 53.7 Å². The molecule has 4 heteroatoms. The summed E-state index contributed by atoms with van der Waals surface area (Å²) in [6.07, 6.45) is 1.33. The number of hydrogen-bond acceptors (Lipinski definition) is 3. The monoisotopic (exact) mass is 245 g/mol. The molecule has 1 N–H and O–H groups in total. The van der Waals surface area contributed by atoms with Crippen molar-refractivity contribution in [2.45, 2.75) is 6.61 Å². The van der Waals surface area contributed by atoms with E-state index in [0.29, 0.717) is 12.4 Å². The first-order valence-electron chi connectivity index (χ1n) is 5.42. The van der Waals surface area contributed by atoms with Crippen LogP contribution < -0.4 is 4.74 Å². The van der Waals surface area contributed by atoms with Gasteiger partial charge in [-0.2, -0.15) is 0 Å². The van der Waals surface area contributed by atoms with E-state index in [-0.39, 0.29) is 5.82 Å². The SMILES string of the molecule is O/N=C\c1ccc(OCc2cccc(F)c2)cc1. The number of ether oxygens (including phenoxy) is 1. The number of benzene rings is 2. The van der Waals surface area contributed by atoms with Gasteiger partial charge in [-0.15, -0.1) is 0 Å². The minimum absolute atomic E-state index is 0.273. The molecule has 0 amide bonds. The largest absolute Gasteiger partial charge is 0.489 e. The van der Waals surface area contributed by atoms with E-state index in [0.717, 1.165) is 11.1 Å². The van der Waals surface area contributed by atoms with Gasteiger partial charge in [0.1, 0.15) is 18.2 Å². The van der Waals surface area contributed by atoms with Crippen LogP contribution in [0.1, 0.15) is 11.1 Å². The van der Waals surface area contributed by atoms with Crippen molar-refractivity contribution in [3.63, 3.8) is 0 Å². The molecule has 0 saturated heterocycles. The van der Waals surface area contributed by atoms with Gasteiger partial charge in [-0.05, 0) is 47.5 Å². The Labute approximate surface area is 104 Å². The van der Waals surface area contributed by atoms with Gasteiger partial charge >= 0.3 is 0 Å². The van der Waals surface area contributed by atoms with Crippen molar-refractivity contribution in [2.24, 2.45) is 5.16 Å². The Hall–Kier alpha value is -2.36. The highest BCUT2D eigenvalue weighted by atomic mass is 19.1. The summed E-state index contributed by atoms with van der Waals surface area (Å²) in [6, 6.07) is 13.3. The molecule has 3 nitrogen and oxygen atoms in total. The van der Waals surface area contributed by atoms with Crippen LogP contribution in [0, 0.1) is 5.82 Å². The van der Waals surface area contributed by atoms with E-state index in [2.05, 4.69) is 5.16 Å². The molecule has 0 radical (unpaired) electrons. The first kappa shape index (κ1) is 12.1. The molecule has 0 atom stereocenters. The molecule has 0 aromatic heterocycles. The topological polar surface area (TPSA) is 41.8 Å². The molecule has 0 spiro atoms. The van der Waals surface area contributed by atoms with Crippen LogP contribution in [0.5, 0.6) is 5.75 Å². The van der Waals surface area contributed by atoms with Gasteiger partial charge in [0, 0.05) is 0 Å². The van der Waals surface area contributed by atoms with Crippen LogP contribution in [0.25, 0.3) is 0 Å². The summed E-state index contributed by atoms with van der Waals surface area (Å²) in [5.74, 6) is 0.403. The quantitative estimate of drug-likeness (QED) is 0.510. The highest BCUT2D eigenvalue weighted by Gasteiger charge is 1.98. The van der Waals surface area contributed by atoms with Crippen molar-refractivity contribution >= 4 is 6.21 Å². The van der Waals surface area contributed by atoms with Gasteiger partial charge in [-0.25, -0.2) is 4.39 Å². The maximum atomic E-state index is 12.9. The number of rotatable bonds is 4. The summed E-state index contributed by atoms with van der Waals surface area (Å²) in [5, 5.41) is 11.3. The third-order valence-corrected chi connectivity index (χ3v) is 2.38. The Bertz CT molecular complexity index is 538. The molecule has 0 heterocycles.